The largest absolute Gasteiger partial charge is 0.329 e. The summed E-state index contributed by atoms with van der Waals surface area (Å²) in [6.45, 7) is 0.278. The number of nitrogens with one attached hydrogen (secondary N) is 1. The maximum atomic E-state index is 14.3. The van der Waals surface area contributed by atoms with Crippen LogP contribution in [-0.4, -0.2) is 21.1 Å². The Hall–Kier alpha value is -3.72. The highest BCUT2D eigenvalue weighted by Gasteiger charge is 2.18. The van der Waals surface area contributed by atoms with Gasteiger partial charge in [0.25, 0.3) is 5.56 Å². The van der Waals surface area contributed by atoms with Gasteiger partial charge in [-0.15, -0.1) is 0 Å². The van der Waals surface area contributed by atoms with Crippen molar-refractivity contribution in [1.82, 2.24) is 14.5 Å². The number of benzene rings is 1. The topological polar surface area (TPSA) is 85.8 Å². The molecule has 0 atom stereocenters. The Labute approximate surface area is 168 Å². The van der Waals surface area contributed by atoms with E-state index < -0.39 is 28.6 Å². The molecule has 0 spiro atoms. The SMILES string of the molecule is NCCn1c(=O)c(-c2c(F)cccc2F)cc2cnc(Nc3ccc(F)cn3)cc21. The minimum atomic E-state index is -0.834. The van der Waals surface area contributed by atoms with Crippen LogP contribution in [0, 0.1) is 17.5 Å². The maximum absolute atomic E-state index is 14.3. The summed E-state index contributed by atoms with van der Waals surface area (Å²) >= 11 is 0. The quantitative estimate of drug-likeness (QED) is 0.524. The molecule has 30 heavy (non-hydrogen) atoms. The van der Waals surface area contributed by atoms with Crippen molar-refractivity contribution in [3.63, 3.8) is 0 Å². The van der Waals surface area contributed by atoms with Crippen molar-refractivity contribution in [2.24, 2.45) is 5.73 Å². The third-order valence-electron chi connectivity index (χ3n) is 4.55. The van der Waals surface area contributed by atoms with E-state index in [1.54, 1.807) is 6.07 Å². The number of hydrogen-bond donors (Lipinski definition) is 2. The second-order valence-corrected chi connectivity index (χ2v) is 6.52. The van der Waals surface area contributed by atoms with E-state index in [4.69, 9.17) is 5.73 Å². The van der Waals surface area contributed by atoms with Gasteiger partial charge in [-0.05, 0) is 30.3 Å². The lowest BCUT2D eigenvalue weighted by Crippen LogP contribution is -2.26. The number of rotatable bonds is 5. The van der Waals surface area contributed by atoms with Crippen LogP contribution >= 0.6 is 0 Å². The van der Waals surface area contributed by atoms with Crippen LogP contribution in [0.3, 0.4) is 0 Å². The second-order valence-electron chi connectivity index (χ2n) is 6.52. The normalized spacial score (nSPS) is 11.1. The van der Waals surface area contributed by atoms with Crippen molar-refractivity contribution in [1.29, 1.82) is 0 Å². The molecule has 0 aliphatic carbocycles. The minimum Gasteiger partial charge on any atom is -0.329 e. The summed E-state index contributed by atoms with van der Waals surface area (Å²) < 4.78 is 43.0. The lowest BCUT2D eigenvalue weighted by Gasteiger charge is -2.14. The standard InChI is InChI=1S/C21H16F3N5O/c22-13-4-5-18(27-11-13)28-19-9-17-12(10-26-19)8-14(21(30)29(17)7-6-25)20-15(23)2-1-3-16(20)24/h1-5,8-11H,6-7,25H2,(H,26,27,28). The summed E-state index contributed by atoms with van der Waals surface area (Å²) in [4.78, 5) is 21.2. The van der Waals surface area contributed by atoms with Gasteiger partial charge in [-0.1, -0.05) is 6.07 Å². The highest BCUT2D eigenvalue weighted by molar-refractivity contribution is 5.85. The molecule has 1 aromatic carbocycles. The summed E-state index contributed by atoms with van der Waals surface area (Å²) in [7, 11) is 0. The molecule has 0 unspecified atom stereocenters. The van der Waals surface area contributed by atoms with Gasteiger partial charge in [0, 0.05) is 30.7 Å². The molecule has 152 valence electrons. The molecule has 3 aromatic heterocycles. The van der Waals surface area contributed by atoms with Crippen LogP contribution in [0.15, 0.2) is 59.7 Å². The number of anilines is 2. The molecule has 4 rings (SSSR count). The monoisotopic (exact) mass is 411 g/mol. The maximum Gasteiger partial charge on any atom is 0.259 e. The molecule has 9 heteroatoms. The first kappa shape index (κ1) is 19.6. The Balaban J connectivity index is 1.87. The van der Waals surface area contributed by atoms with Gasteiger partial charge in [0.15, 0.2) is 0 Å². The average molecular weight is 411 g/mol. The molecule has 3 N–H and O–H groups in total. The molecule has 4 aromatic rings. The fourth-order valence-corrected chi connectivity index (χ4v) is 3.21. The van der Waals surface area contributed by atoms with Gasteiger partial charge in [0.05, 0.1) is 22.8 Å². The Morgan fingerprint density at radius 1 is 0.967 bits per heavy atom. The van der Waals surface area contributed by atoms with Crippen LogP contribution < -0.4 is 16.6 Å². The molecular formula is C21H16F3N5O. The number of aromatic nitrogens is 3. The molecule has 0 amide bonds. The van der Waals surface area contributed by atoms with E-state index in [-0.39, 0.29) is 18.7 Å². The van der Waals surface area contributed by atoms with E-state index in [9.17, 15) is 18.0 Å². The third kappa shape index (κ3) is 3.62. The molecule has 0 aliphatic heterocycles. The Kier molecular flexibility index (Phi) is 5.20. The van der Waals surface area contributed by atoms with E-state index >= 15 is 0 Å². The molecule has 0 aliphatic rings. The van der Waals surface area contributed by atoms with Crippen LogP contribution in [0.5, 0.6) is 0 Å². The summed E-state index contributed by atoms with van der Waals surface area (Å²) in [6.07, 6.45) is 2.53. The molecule has 0 saturated carbocycles. The smallest absolute Gasteiger partial charge is 0.259 e. The van der Waals surface area contributed by atoms with Crippen LogP contribution in [0.25, 0.3) is 22.0 Å². The fraction of sp³-hybridized carbons (Fsp3) is 0.0952. The van der Waals surface area contributed by atoms with Crippen molar-refractivity contribution in [3.05, 3.63) is 82.7 Å². The van der Waals surface area contributed by atoms with E-state index in [2.05, 4.69) is 15.3 Å². The molecule has 0 saturated heterocycles. The lowest BCUT2D eigenvalue weighted by atomic mass is 10.0. The molecule has 0 radical (unpaired) electrons. The number of nitrogens with zero attached hydrogens (tertiary/aromatic N) is 3. The number of halogens is 3. The third-order valence-corrected chi connectivity index (χ3v) is 4.55. The van der Waals surface area contributed by atoms with Gasteiger partial charge in [-0.25, -0.2) is 23.1 Å². The summed E-state index contributed by atoms with van der Waals surface area (Å²) in [5.74, 6) is -1.42. The Morgan fingerprint density at radius 3 is 2.37 bits per heavy atom. The molecule has 0 fully saturated rings. The summed E-state index contributed by atoms with van der Waals surface area (Å²) in [6, 6.07) is 9.11. The highest BCUT2D eigenvalue weighted by atomic mass is 19.1. The lowest BCUT2D eigenvalue weighted by molar-refractivity contribution is 0.588. The zero-order valence-corrected chi connectivity index (χ0v) is 15.6. The first-order valence-electron chi connectivity index (χ1n) is 9.04. The zero-order chi connectivity index (χ0) is 21.3. The zero-order valence-electron chi connectivity index (χ0n) is 15.6. The van der Waals surface area contributed by atoms with Crippen LogP contribution in [0.2, 0.25) is 0 Å². The van der Waals surface area contributed by atoms with Crippen molar-refractivity contribution in [2.75, 3.05) is 11.9 Å². The highest BCUT2D eigenvalue weighted by Crippen LogP contribution is 2.27. The number of fused-ring (bicyclic) bond motifs is 1. The van der Waals surface area contributed by atoms with Crippen LogP contribution in [0.1, 0.15) is 0 Å². The predicted octanol–water partition coefficient (Wildman–Crippen LogP) is 3.58. The molecule has 3 heterocycles. The second kappa shape index (κ2) is 7.96. The van der Waals surface area contributed by atoms with E-state index in [0.29, 0.717) is 22.5 Å². The van der Waals surface area contributed by atoms with Gasteiger partial charge in [-0.3, -0.25) is 4.79 Å². The number of pyridine rings is 3. The predicted molar refractivity (Wildman–Crippen MR) is 108 cm³/mol. The molecule has 6 nitrogen and oxygen atoms in total. The van der Waals surface area contributed by atoms with Crippen molar-refractivity contribution in [2.45, 2.75) is 6.54 Å². The van der Waals surface area contributed by atoms with Crippen molar-refractivity contribution < 1.29 is 13.2 Å². The fourth-order valence-electron chi connectivity index (χ4n) is 3.21. The molecular weight excluding hydrogens is 395 g/mol. The van der Waals surface area contributed by atoms with Gasteiger partial charge in [0.2, 0.25) is 0 Å². The molecule has 0 bridgehead atoms. The first-order valence-corrected chi connectivity index (χ1v) is 9.04. The number of hydrogen-bond acceptors (Lipinski definition) is 5. The first-order chi connectivity index (χ1) is 14.5. The Morgan fingerprint density at radius 2 is 1.70 bits per heavy atom. The van der Waals surface area contributed by atoms with Gasteiger partial charge < -0.3 is 15.6 Å². The van der Waals surface area contributed by atoms with Gasteiger partial charge >= 0.3 is 0 Å². The average Bonchev–Trinajstić information content (AvgIpc) is 2.72. The van der Waals surface area contributed by atoms with Crippen molar-refractivity contribution >= 4 is 22.5 Å². The summed E-state index contributed by atoms with van der Waals surface area (Å²) in [5.41, 5.74) is 5.05. The van der Waals surface area contributed by atoms with E-state index in [1.165, 1.54) is 35.0 Å². The minimum absolute atomic E-state index is 0.116. The van der Waals surface area contributed by atoms with Gasteiger partial charge in [0.1, 0.15) is 29.1 Å². The van der Waals surface area contributed by atoms with Crippen LogP contribution in [-0.2, 0) is 6.54 Å². The van der Waals surface area contributed by atoms with E-state index in [1.807, 2.05) is 0 Å². The Bertz CT molecular complexity index is 1270. The number of nitrogens with two attached hydrogens (primary N) is 1. The van der Waals surface area contributed by atoms with E-state index in [0.717, 1.165) is 18.3 Å². The summed E-state index contributed by atoms with van der Waals surface area (Å²) in [5, 5.41) is 3.42. The van der Waals surface area contributed by atoms with Gasteiger partial charge in [-0.2, -0.15) is 0 Å². The van der Waals surface area contributed by atoms with Crippen LogP contribution in [0.4, 0.5) is 24.8 Å². The van der Waals surface area contributed by atoms with Crippen molar-refractivity contribution in [3.8, 4) is 11.1 Å².